The normalized spacial score (nSPS) is 11.3. The molecule has 0 unspecified atom stereocenters. The largest absolute Gasteiger partial charge is 0.491 e. The Hall–Kier alpha value is -2.16. The number of rotatable bonds is 9. The highest BCUT2D eigenvalue weighted by Crippen LogP contribution is 2.16. The van der Waals surface area contributed by atoms with Crippen LogP contribution in [0.15, 0.2) is 47.5 Å². The first-order valence-corrected chi connectivity index (χ1v) is 9.24. The van der Waals surface area contributed by atoms with Gasteiger partial charge in [0.2, 0.25) is 10.0 Å². The minimum Gasteiger partial charge on any atom is -0.491 e. The molecule has 0 radical (unpaired) electrons. The third-order valence-corrected chi connectivity index (χ3v) is 4.84. The molecule has 0 spiro atoms. The first kappa shape index (κ1) is 19.2. The molecule has 25 heavy (non-hydrogen) atoms. The zero-order valence-electron chi connectivity index (χ0n) is 14.6. The fourth-order valence-corrected chi connectivity index (χ4v) is 3.02. The Labute approximate surface area is 148 Å². The summed E-state index contributed by atoms with van der Waals surface area (Å²) in [5.74, 6) is 1.41. The van der Waals surface area contributed by atoms with Gasteiger partial charge >= 0.3 is 0 Å². The maximum Gasteiger partial charge on any atom is 0.240 e. The summed E-state index contributed by atoms with van der Waals surface area (Å²) < 4.78 is 37.6. The van der Waals surface area contributed by atoms with Crippen molar-refractivity contribution in [2.75, 3.05) is 39.3 Å². The van der Waals surface area contributed by atoms with Gasteiger partial charge in [-0.2, -0.15) is 0 Å². The van der Waals surface area contributed by atoms with Crippen molar-refractivity contribution in [3.63, 3.8) is 0 Å². The predicted octanol–water partition coefficient (Wildman–Crippen LogP) is 1.65. The summed E-state index contributed by atoms with van der Waals surface area (Å²) >= 11 is 0. The molecule has 0 fully saturated rings. The lowest BCUT2D eigenvalue weighted by Gasteiger charge is -2.12. The fourth-order valence-electron chi connectivity index (χ4n) is 2.01. The van der Waals surface area contributed by atoms with Gasteiger partial charge in [-0.05, 0) is 35.9 Å². The summed E-state index contributed by atoms with van der Waals surface area (Å²) in [5, 5.41) is 0. The second-order valence-electron chi connectivity index (χ2n) is 5.56. The summed E-state index contributed by atoms with van der Waals surface area (Å²) in [7, 11) is 1.79. The van der Waals surface area contributed by atoms with Crippen molar-refractivity contribution in [2.45, 2.75) is 11.4 Å². The summed E-state index contributed by atoms with van der Waals surface area (Å²) in [6, 6.07) is 9.96. The molecule has 8 heteroatoms. The summed E-state index contributed by atoms with van der Waals surface area (Å²) in [6.07, 6.45) is 1.66. The average Bonchev–Trinajstić information content (AvgIpc) is 2.61. The number of benzene rings is 1. The lowest BCUT2D eigenvalue weighted by Crippen LogP contribution is -2.23. The monoisotopic (exact) mass is 365 g/mol. The number of methoxy groups -OCH3 is 1. The lowest BCUT2D eigenvalue weighted by atomic mass is 10.3. The highest BCUT2D eigenvalue weighted by molar-refractivity contribution is 7.89. The van der Waals surface area contributed by atoms with E-state index in [2.05, 4.69) is 9.71 Å². The van der Waals surface area contributed by atoms with Crippen LogP contribution in [0.1, 0.15) is 5.56 Å². The molecule has 0 saturated heterocycles. The first-order valence-electron chi connectivity index (χ1n) is 7.76. The van der Waals surface area contributed by atoms with Crippen LogP contribution in [0.2, 0.25) is 0 Å². The summed E-state index contributed by atoms with van der Waals surface area (Å²) in [5.41, 5.74) is 0.786. The van der Waals surface area contributed by atoms with E-state index in [-0.39, 0.29) is 11.4 Å². The van der Waals surface area contributed by atoms with Gasteiger partial charge in [-0.1, -0.05) is 6.07 Å². The SMILES string of the molecule is COCCOc1ccc(S(=O)(=O)NCc2ccc(N(C)C)nc2)cc1. The van der Waals surface area contributed by atoms with Crippen LogP contribution in [-0.2, 0) is 21.3 Å². The van der Waals surface area contributed by atoms with E-state index in [0.717, 1.165) is 11.4 Å². The highest BCUT2D eigenvalue weighted by atomic mass is 32.2. The molecule has 0 bridgehead atoms. The Morgan fingerprint density at radius 3 is 2.36 bits per heavy atom. The molecule has 0 aliphatic rings. The van der Waals surface area contributed by atoms with Gasteiger partial charge in [-0.15, -0.1) is 0 Å². The highest BCUT2D eigenvalue weighted by Gasteiger charge is 2.14. The van der Waals surface area contributed by atoms with Gasteiger partial charge in [0.25, 0.3) is 0 Å². The first-order chi connectivity index (χ1) is 11.9. The van der Waals surface area contributed by atoms with E-state index in [9.17, 15) is 8.42 Å². The maximum absolute atomic E-state index is 12.4. The fraction of sp³-hybridized carbons (Fsp3) is 0.353. The maximum atomic E-state index is 12.4. The molecule has 0 aliphatic heterocycles. The second-order valence-corrected chi connectivity index (χ2v) is 7.32. The Bertz CT molecular complexity index is 759. The number of aromatic nitrogens is 1. The molecule has 7 nitrogen and oxygen atoms in total. The topological polar surface area (TPSA) is 80.8 Å². The zero-order chi connectivity index (χ0) is 18.3. The third-order valence-electron chi connectivity index (χ3n) is 3.42. The van der Waals surface area contributed by atoms with Crippen LogP contribution in [-0.4, -0.2) is 47.8 Å². The minimum atomic E-state index is -3.60. The van der Waals surface area contributed by atoms with Crippen molar-refractivity contribution in [3.8, 4) is 5.75 Å². The molecule has 2 aromatic rings. The Morgan fingerprint density at radius 1 is 1.08 bits per heavy atom. The van der Waals surface area contributed by atoms with Crippen LogP contribution in [0.25, 0.3) is 0 Å². The molecule has 2 rings (SSSR count). The van der Waals surface area contributed by atoms with Crippen LogP contribution in [0, 0.1) is 0 Å². The van der Waals surface area contributed by atoms with Gasteiger partial charge in [-0.25, -0.2) is 18.1 Å². The van der Waals surface area contributed by atoms with Crippen molar-refractivity contribution in [1.29, 1.82) is 0 Å². The molecule has 0 aliphatic carbocycles. The predicted molar refractivity (Wildman–Crippen MR) is 96.4 cm³/mol. The van der Waals surface area contributed by atoms with E-state index in [4.69, 9.17) is 9.47 Å². The summed E-state index contributed by atoms with van der Waals surface area (Å²) in [4.78, 5) is 6.33. The number of sulfonamides is 1. The summed E-state index contributed by atoms with van der Waals surface area (Å²) in [6.45, 7) is 1.06. The lowest BCUT2D eigenvalue weighted by molar-refractivity contribution is 0.146. The van der Waals surface area contributed by atoms with Gasteiger partial charge in [0.05, 0.1) is 11.5 Å². The zero-order valence-corrected chi connectivity index (χ0v) is 15.4. The van der Waals surface area contributed by atoms with E-state index in [0.29, 0.717) is 19.0 Å². The molecule has 1 N–H and O–H groups in total. The number of nitrogens with zero attached hydrogens (tertiary/aromatic N) is 2. The van der Waals surface area contributed by atoms with Crippen LogP contribution < -0.4 is 14.4 Å². The van der Waals surface area contributed by atoms with Crippen molar-refractivity contribution < 1.29 is 17.9 Å². The number of hydrogen-bond donors (Lipinski definition) is 1. The molecular weight excluding hydrogens is 342 g/mol. The van der Waals surface area contributed by atoms with Crippen LogP contribution in [0.4, 0.5) is 5.82 Å². The minimum absolute atomic E-state index is 0.176. The quantitative estimate of drug-likeness (QED) is 0.681. The molecule has 1 aromatic carbocycles. The van der Waals surface area contributed by atoms with Gasteiger partial charge < -0.3 is 14.4 Å². The van der Waals surface area contributed by atoms with Crippen molar-refractivity contribution in [2.24, 2.45) is 0 Å². The molecular formula is C17H23N3O4S. The van der Waals surface area contributed by atoms with Crippen LogP contribution in [0.5, 0.6) is 5.75 Å². The Balaban J connectivity index is 1.96. The second kappa shape index (κ2) is 8.80. The third kappa shape index (κ3) is 5.70. The number of ether oxygens (including phenoxy) is 2. The number of pyridine rings is 1. The molecule has 1 heterocycles. The van der Waals surface area contributed by atoms with E-state index in [1.165, 1.54) is 12.1 Å². The average molecular weight is 365 g/mol. The van der Waals surface area contributed by atoms with Gasteiger partial charge in [0.15, 0.2) is 0 Å². The number of hydrogen-bond acceptors (Lipinski definition) is 6. The van der Waals surface area contributed by atoms with E-state index in [1.54, 1.807) is 25.4 Å². The van der Waals surface area contributed by atoms with Crippen molar-refractivity contribution in [1.82, 2.24) is 9.71 Å². The van der Waals surface area contributed by atoms with Crippen LogP contribution >= 0.6 is 0 Å². The van der Waals surface area contributed by atoms with Crippen molar-refractivity contribution >= 4 is 15.8 Å². The Morgan fingerprint density at radius 2 is 1.80 bits per heavy atom. The Kier molecular flexibility index (Phi) is 6.74. The molecule has 0 saturated carbocycles. The van der Waals surface area contributed by atoms with Gasteiger partial charge in [0, 0.05) is 33.9 Å². The smallest absolute Gasteiger partial charge is 0.240 e. The van der Waals surface area contributed by atoms with Gasteiger partial charge in [-0.3, -0.25) is 0 Å². The molecule has 0 amide bonds. The van der Waals surface area contributed by atoms with E-state index < -0.39 is 10.0 Å². The van der Waals surface area contributed by atoms with E-state index in [1.807, 2.05) is 31.1 Å². The number of nitrogens with one attached hydrogen (secondary N) is 1. The number of anilines is 1. The van der Waals surface area contributed by atoms with Crippen molar-refractivity contribution in [3.05, 3.63) is 48.2 Å². The standard InChI is InChI=1S/C17H23N3O4S/c1-20(2)17-9-4-14(12-18-17)13-19-25(21,22)16-7-5-15(6-8-16)24-11-10-23-3/h4-9,12,19H,10-11,13H2,1-3H3. The van der Waals surface area contributed by atoms with Crippen LogP contribution in [0.3, 0.4) is 0 Å². The molecule has 1 aromatic heterocycles. The van der Waals surface area contributed by atoms with E-state index >= 15 is 0 Å². The van der Waals surface area contributed by atoms with Gasteiger partial charge in [0.1, 0.15) is 18.2 Å². The molecule has 0 atom stereocenters. The molecule has 136 valence electrons.